The summed E-state index contributed by atoms with van der Waals surface area (Å²) >= 11 is 0. The summed E-state index contributed by atoms with van der Waals surface area (Å²) < 4.78 is 5.35. The lowest BCUT2D eigenvalue weighted by Crippen LogP contribution is -2.53. The number of nitrogens with two attached hydrogens (primary N) is 3. The van der Waals surface area contributed by atoms with Crippen molar-refractivity contribution in [3.8, 4) is 11.3 Å². The summed E-state index contributed by atoms with van der Waals surface area (Å²) in [5.74, 6) is 0.602. The van der Waals surface area contributed by atoms with Crippen LogP contribution in [0.15, 0.2) is 24.3 Å². The van der Waals surface area contributed by atoms with E-state index in [2.05, 4.69) is 20.2 Å². The Kier molecular flexibility index (Phi) is 3.81. The second-order valence-electron chi connectivity index (χ2n) is 6.03. The zero-order valence-electron chi connectivity index (χ0n) is 13.8. The fourth-order valence-electron chi connectivity index (χ4n) is 3.06. The Labute approximate surface area is 148 Å². The van der Waals surface area contributed by atoms with Gasteiger partial charge in [-0.05, 0) is 12.1 Å². The molecule has 0 radical (unpaired) electrons. The smallest absolute Gasteiger partial charge is 0.242 e. The van der Waals surface area contributed by atoms with Gasteiger partial charge in [0.2, 0.25) is 11.9 Å². The lowest BCUT2D eigenvalue weighted by Gasteiger charge is -2.34. The van der Waals surface area contributed by atoms with E-state index in [1.807, 2.05) is 18.2 Å². The second kappa shape index (κ2) is 6.15. The molecule has 3 heterocycles. The van der Waals surface area contributed by atoms with E-state index in [9.17, 15) is 4.79 Å². The van der Waals surface area contributed by atoms with Crippen LogP contribution in [0.2, 0.25) is 0 Å². The van der Waals surface area contributed by atoms with Crippen LogP contribution in [0.1, 0.15) is 0 Å². The highest BCUT2D eigenvalue weighted by atomic mass is 16.5. The average Bonchev–Trinajstić information content (AvgIpc) is 3.01. The van der Waals surface area contributed by atoms with Crippen molar-refractivity contribution < 1.29 is 9.53 Å². The van der Waals surface area contributed by atoms with Crippen molar-refractivity contribution in [2.45, 2.75) is 6.04 Å². The predicted octanol–water partition coefficient (Wildman–Crippen LogP) is -0.125. The van der Waals surface area contributed by atoms with E-state index in [4.69, 9.17) is 21.9 Å². The summed E-state index contributed by atoms with van der Waals surface area (Å²) in [5.41, 5.74) is 19.4. The lowest BCUT2D eigenvalue weighted by atomic mass is 10.1. The Bertz CT molecular complexity index is 986. The van der Waals surface area contributed by atoms with Gasteiger partial charge in [0, 0.05) is 23.6 Å². The molecule has 1 amide bonds. The van der Waals surface area contributed by atoms with Gasteiger partial charge in [-0.2, -0.15) is 10.1 Å². The quantitative estimate of drug-likeness (QED) is 0.505. The molecule has 2 aromatic heterocycles. The molecule has 10 nitrogen and oxygen atoms in total. The number of rotatable bonds is 3. The average molecular weight is 354 g/mol. The van der Waals surface area contributed by atoms with E-state index in [-0.39, 0.29) is 12.6 Å². The highest BCUT2D eigenvalue weighted by Crippen LogP contribution is 2.28. The number of fused-ring (bicyclic) bond motifs is 1. The minimum absolute atomic E-state index is 0.108. The van der Waals surface area contributed by atoms with Crippen molar-refractivity contribution in [2.75, 3.05) is 36.1 Å². The molecular weight excluding hydrogens is 336 g/mol. The Morgan fingerprint density at radius 3 is 2.92 bits per heavy atom. The summed E-state index contributed by atoms with van der Waals surface area (Å²) in [6.45, 7) is 1.18. The molecule has 1 unspecified atom stereocenters. The molecule has 1 aliphatic rings. The van der Waals surface area contributed by atoms with Crippen LogP contribution in [0.4, 0.5) is 17.6 Å². The number of aromatic nitrogens is 4. The topological polar surface area (TPSA) is 162 Å². The summed E-state index contributed by atoms with van der Waals surface area (Å²) in [5, 5.41) is 7.70. The number of nitrogens with one attached hydrogen (secondary N) is 1. The monoisotopic (exact) mass is 354 g/mol. The van der Waals surface area contributed by atoms with Gasteiger partial charge in [-0.15, -0.1) is 0 Å². The zero-order valence-corrected chi connectivity index (χ0v) is 13.8. The molecule has 0 saturated carbocycles. The van der Waals surface area contributed by atoms with Crippen LogP contribution in [-0.2, 0) is 9.53 Å². The number of carbonyl (C=O) groups excluding carboxylic acids is 1. The summed E-state index contributed by atoms with van der Waals surface area (Å²) in [6, 6.07) is 6.81. The molecule has 3 aromatic rings. The van der Waals surface area contributed by atoms with Gasteiger partial charge >= 0.3 is 0 Å². The van der Waals surface area contributed by atoms with E-state index < -0.39 is 11.9 Å². The van der Waals surface area contributed by atoms with Crippen molar-refractivity contribution in [3.05, 3.63) is 24.3 Å². The number of H-pyrrole nitrogens is 1. The highest BCUT2D eigenvalue weighted by molar-refractivity contribution is 5.91. The Hall–Kier alpha value is -3.40. The number of nitrogens with zero attached hydrogens (tertiary/aromatic N) is 4. The Balaban J connectivity index is 1.76. The molecule has 1 saturated heterocycles. The third kappa shape index (κ3) is 2.75. The molecule has 10 heteroatoms. The number of aromatic amines is 1. The van der Waals surface area contributed by atoms with E-state index in [0.717, 1.165) is 16.5 Å². The van der Waals surface area contributed by atoms with Crippen LogP contribution in [0.3, 0.4) is 0 Å². The Morgan fingerprint density at radius 1 is 1.27 bits per heavy atom. The largest absolute Gasteiger partial charge is 0.382 e. The number of anilines is 3. The lowest BCUT2D eigenvalue weighted by molar-refractivity contribution is -0.121. The number of nitrogen functional groups attached to an aromatic ring is 2. The summed E-state index contributed by atoms with van der Waals surface area (Å²) in [4.78, 5) is 22.1. The van der Waals surface area contributed by atoms with Gasteiger partial charge in [0.05, 0.1) is 24.4 Å². The van der Waals surface area contributed by atoms with Crippen molar-refractivity contribution in [3.63, 3.8) is 0 Å². The van der Waals surface area contributed by atoms with E-state index in [0.29, 0.717) is 30.5 Å². The molecule has 1 aliphatic heterocycles. The minimum atomic E-state index is -0.596. The first-order chi connectivity index (χ1) is 12.5. The van der Waals surface area contributed by atoms with Crippen molar-refractivity contribution in [1.29, 1.82) is 0 Å². The number of primary amides is 1. The van der Waals surface area contributed by atoms with E-state index >= 15 is 0 Å². The third-order valence-electron chi connectivity index (χ3n) is 4.37. The number of carbonyl (C=O) groups is 1. The first-order valence-corrected chi connectivity index (χ1v) is 8.05. The van der Waals surface area contributed by atoms with Gasteiger partial charge in [0.1, 0.15) is 11.9 Å². The maximum Gasteiger partial charge on any atom is 0.242 e. The van der Waals surface area contributed by atoms with Crippen LogP contribution < -0.4 is 22.1 Å². The molecule has 0 aliphatic carbocycles. The van der Waals surface area contributed by atoms with Gasteiger partial charge in [-0.3, -0.25) is 9.89 Å². The van der Waals surface area contributed by atoms with Crippen molar-refractivity contribution >= 4 is 34.4 Å². The number of hydrogen-bond acceptors (Lipinski definition) is 8. The van der Waals surface area contributed by atoms with Gasteiger partial charge in [0.15, 0.2) is 5.82 Å². The van der Waals surface area contributed by atoms with E-state index in [1.54, 1.807) is 11.0 Å². The van der Waals surface area contributed by atoms with Gasteiger partial charge in [-0.1, -0.05) is 6.07 Å². The number of morpholine rings is 1. The van der Waals surface area contributed by atoms with Crippen LogP contribution >= 0.6 is 0 Å². The molecule has 1 atom stereocenters. The molecule has 7 N–H and O–H groups in total. The highest BCUT2D eigenvalue weighted by Gasteiger charge is 2.29. The van der Waals surface area contributed by atoms with Crippen LogP contribution in [-0.4, -0.2) is 51.9 Å². The SMILES string of the molecule is NC(=O)C1COCCN1c1cc(-c2ccc3c(N)n[nH]c3c2)nc(N)n1. The third-order valence-corrected chi connectivity index (χ3v) is 4.37. The fraction of sp³-hybridized carbons (Fsp3) is 0.250. The summed E-state index contributed by atoms with van der Waals surface area (Å²) in [7, 11) is 0. The molecule has 4 rings (SSSR count). The number of amides is 1. The van der Waals surface area contributed by atoms with Gasteiger partial charge in [0.25, 0.3) is 0 Å². The normalized spacial score (nSPS) is 17.5. The maximum absolute atomic E-state index is 11.7. The fourth-order valence-corrected chi connectivity index (χ4v) is 3.06. The minimum Gasteiger partial charge on any atom is -0.382 e. The molecule has 1 fully saturated rings. The summed E-state index contributed by atoms with van der Waals surface area (Å²) in [6.07, 6.45) is 0. The molecule has 134 valence electrons. The van der Waals surface area contributed by atoms with Crippen LogP contribution in [0.25, 0.3) is 22.2 Å². The number of benzene rings is 1. The van der Waals surface area contributed by atoms with Crippen molar-refractivity contribution in [1.82, 2.24) is 20.2 Å². The number of ether oxygens (including phenoxy) is 1. The molecule has 26 heavy (non-hydrogen) atoms. The van der Waals surface area contributed by atoms with E-state index in [1.165, 1.54) is 0 Å². The van der Waals surface area contributed by atoms with Crippen LogP contribution in [0, 0.1) is 0 Å². The zero-order chi connectivity index (χ0) is 18.3. The molecule has 1 aromatic carbocycles. The van der Waals surface area contributed by atoms with Crippen molar-refractivity contribution in [2.24, 2.45) is 5.73 Å². The molecule has 0 bridgehead atoms. The number of hydrogen-bond donors (Lipinski definition) is 4. The van der Waals surface area contributed by atoms with Gasteiger partial charge in [-0.25, -0.2) is 4.98 Å². The van der Waals surface area contributed by atoms with Crippen LogP contribution in [0.5, 0.6) is 0 Å². The molecule has 0 spiro atoms. The molecular formula is C16H18N8O2. The standard InChI is InChI=1S/C16H18N8O2/c17-14-9-2-1-8(5-11(9)22-23-14)10-6-13(21-16(19)20-10)24-3-4-26-7-12(24)15(18)25/h1-2,5-6,12H,3-4,7H2,(H2,18,25)(H3,17,22,23)(H2,19,20,21). The Morgan fingerprint density at radius 2 is 2.12 bits per heavy atom. The van der Waals surface area contributed by atoms with Gasteiger partial charge < -0.3 is 26.8 Å². The first kappa shape index (κ1) is 16.1. The maximum atomic E-state index is 11.7. The predicted molar refractivity (Wildman–Crippen MR) is 97.1 cm³/mol. The first-order valence-electron chi connectivity index (χ1n) is 8.05. The second-order valence-corrected chi connectivity index (χ2v) is 6.03.